The van der Waals surface area contributed by atoms with Crippen molar-refractivity contribution in [1.82, 2.24) is 4.98 Å². The molecule has 0 fully saturated rings. The largest absolute Gasteiger partial charge is 0.256 e. The van der Waals surface area contributed by atoms with E-state index in [2.05, 4.69) is 55.2 Å². The fraction of sp³-hybridized carbons (Fsp3) is 0.222. The maximum atomic E-state index is 12.2. The second-order valence-electron chi connectivity index (χ2n) is 8.03. The third kappa shape index (κ3) is 4.40. The summed E-state index contributed by atoms with van der Waals surface area (Å²) in [7, 11) is -3.27. The Morgan fingerprint density at radius 2 is 1.55 bits per heavy atom. The predicted molar refractivity (Wildman–Crippen MR) is 129 cm³/mol. The van der Waals surface area contributed by atoms with E-state index in [0.717, 1.165) is 46.0 Å². The van der Waals surface area contributed by atoms with Crippen LogP contribution in [0.2, 0.25) is 0 Å². The zero-order chi connectivity index (χ0) is 22.0. The second-order valence-corrected chi connectivity index (χ2v) is 10.0. The molecule has 0 saturated heterocycles. The summed E-state index contributed by atoms with van der Waals surface area (Å²) in [5.41, 5.74) is 6.51. The van der Waals surface area contributed by atoms with Crippen LogP contribution in [-0.4, -0.2) is 19.7 Å². The van der Waals surface area contributed by atoms with Crippen LogP contribution in [0.1, 0.15) is 38.2 Å². The Bertz CT molecular complexity index is 1340. The highest BCUT2D eigenvalue weighted by Crippen LogP contribution is 2.37. The minimum absolute atomic E-state index is 0.350. The lowest BCUT2D eigenvalue weighted by atomic mass is 9.85. The molecule has 4 rings (SSSR count). The summed E-state index contributed by atoms with van der Waals surface area (Å²) < 4.78 is 24.3. The van der Waals surface area contributed by atoms with E-state index in [1.165, 1.54) is 11.8 Å². The van der Waals surface area contributed by atoms with Gasteiger partial charge < -0.3 is 0 Å². The predicted octanol–water partition coefficient (Wildman–Crippen LogP) is 6.88. The van der Waals surface area contributed by atoms with Crippen LogP contribution in [0, 0.1) is 0 Å². The molecule has 0 radical (unpaired) electrons. The van der Waals surface area contributed by atoms with E-state index in [1.807, 2.05) is 24.3 Å². The number of sulfone groups is 1. The van der Waals surface area contributed by atoms with Gasteiger partial charge in [-0.1, -0.05) is 50.2 Å². The first-order chi connectivity index (χ1) is 14.9. The van der Waals surface area contributed by atoms with Crippen LogP contribution >= 0.6 is 0 Å². The number of pyridine rings is 1. The fourth-order valence-corrected chi connectivity index (χ4v) is 4.89. The van der Waals surface area contributed by atoms with Gasteiger partial charge in [-0.15, -0.1) is 0 Å². The number of rotatable bonds is 6. The molecule has 0 aliphatic carbocycles. The number of hydrogen-bond acceptors (Lipinski definition) is 3. The standard InChI is InChI=1S/C27H27NO2S/c1-4-19(5-2)25-13-11-21(20-12-14-27-23(16-20)9-7-15-28-27)18-26(25)22-8-6-10-24(17-22)31(3,29)30/h6-19H,4-5H2,1-3H3. The van der Waals surface area contributed by atoms with Crippen molar-refractivity contribution < 1.29 is 8.42 Å². The zero-order valence-corrected chi connectivity index (χ0v) is 19.0. The molecule has 0 saturated carbocycles. The molecule has 4 aromatic rings. The first-order valence-electron chi connectivity index (χ1n) is 10.7. The van der Waals surface area contributed by atoms with Gasteiger partial charge in [0, 0.05) is 17.8 Å². The van der Waals surface area contributed by atoms with E-state index < -0.39 is 9.84 Å². The molecule has 0 aliphatic rings. The van der Waals surface area contributed by atoms with E-state index in [9.17, 15) is 8.42 Å². The molecule has 0 bridgehead atoms. The molecular weight excluding hydrogens is 402 g/mol. The summed E-state index contributed by atoms with van der Waals surface area (Å²) >= 11 is 0. The number of benzene rings is 3. The normalized spacial score (nSPS) is 11.9. The van der Waals surface area contributed by atoms with Gasteiger partial charge in [-0.05, 0) is 83.0 Å². The van der Waals surface area contributed by atoms with Crippen LogP contribution in [0.4, 0.5) is 0 Å². The molecule has 1 heterocycles. The third-order valence-corrected chi connectivity index (χ3v) is 7.10. The van der Waals surface area contributed by atoms with Crippen LogP contribution in [0.15, 0.2) is 83.9 Å². The lowest BCUT2D eigenvalue weighted by Gasteiger charge is -2.20. The van der Waals surface area contributed by atoms with Gasteiger partial charge in [0.2, 0.25) is 0 Å². The van der Waals surface area contributed by atoms with Crippen molar-refractivity contribution in [1.29, 1.82) is 0 Å². The minimum Gasteiger partial charge on any atom is -0.256 e. The fourth-order valence-electron chi connectivity index (χ4n) is 4.22. The Balaban J connectivity index is 1.91. The molecule has 0 atom stereocenters. The van der Waals surface area contributed by atoms with Crippen LogP contribution in [0.5, 0.6) is 0 Å². The van der Waals surface area contributed by atoms with Crippen molar-refractivity contribution in [2.45, 2.75) is 37.5 Å². The molecule has 31 heavy (non-hydrogen) atoms. The Morgan fingerprint density at radius 1 is 0.806 bits per heavy atom. The maximum absolute atomic E-state index is 12.2. The van der Waals surface area contributed by atoms with Crippen LogP contribution in [0.3, 0.4) is 0 Å². The number of nitrogens with zero attached hydrogens (tertiary/aromatic N) is 1. The van der Waals surface area contributed by atoms with E-state index in [4.69, 9.17) is 0 Å². The molecule has 3 nitrogen and oxygen atoms in total. The van der Waals surface area contributed by atoms with Crippen molar-refractivity contribution in [2.24, 2.45) is 0 Å². The highest BCUT2D eigenvalue weighted by atomic mass is 32.2. The molecule has 0 N–H and O–H groups in total. The second kappa shape index (κ2) is 8.64. The van der Waals surface area contributed by atoms with Crippen LogP contribution in [0.25, 0.3) is 33.2 Å². The van der Waals surface area contributed by atoms with Crippen molar-refractivity contribution in [2.75, 3.05) is 6.26 Å². The lowest BCUT2D eigenvalue weighted by Crippen LogP contribution is -2.01. The first kappa shape index (κ1) is 21.3. The van der Waals surface area contributed by atoms with Gasteiger partial charge in [-0.2, -0.15) is 0 Å². The van der Waals surface area contributed by atoms with Gasteiger partial charge >= 0.3 is 0 Å². The first-order valence-corrected chi connectivity index (χ1v) is 12.6. The van der Waals surface area contributed by atoms with E-state index in [-0.39, 0.29) is 0 Å². The zero-order valence-electron chi connectivity index (χ0n) is 18.2. The summed E-state index contributed by atoms with van der Waals surface area (Å²) in [6.45, 7) is 4.41. The Morgan fingerprint density at radius 3 is 2.29 bits per heavy atom. The topological polar surface area (TPSA) is 47.0 Å². The molecule has 0 amide bonds. The Labute approximate surface area is 184 Å². The monoisotopic (exact) mass is 429 g/mol. The summed E-state index contributed by atoms with van der Waals surface area (Å²) in [6, 6.07) is 24.2. The van der Waals surface area contributed by atoms with E-state index >= 15 is 0 Å². The molecule has 0 unspecified atom stereocenters. The third-order valence-electron chi connectivity index (χ3n) is 5.99. The number of fused-ring (bicyclic) bond motifs is 1. The van der Waals surface area contributed by atoms with Crippen LogP contribution in [-0.2, 0) is 9.84 Å². The van der Waals surface area contributed by atoms with E-state index in [1.54, 1.807) is 18.3 Å². The Hall–Kier alpha value is -2.98. The highest BCUT2D eigenvalue weighted by molar-refractivity contribution is 7.90. The number of hydrogen-bond donors (Lipinski definition) is 0. The average molecular weight is 430 g/mol. The van der Waals surface area contributed by atoms with Crippen molar-refractivity contribution >= 4 is 20.7 Å². The van der Waals surface area contributed by atoms with Crippen molar-refractivity contribution in [3.05, 3.63) is 84.6 Å². The summed E-state index contributed by atoms with van der Waals surface area (Å²) in [4.78, 5) is 4.77. The van der Waals surface area contributed by atoms with Gasteiger partial charge in [-0.25, -0.2) is 8.42 Å². The smallest absolute Gasteiger partial charge is 0.175 e. The molecule has 1 aromatic heterocycles. The molecular formula is C27H27NO2S. The van der Waals surface area contributed by atoms with E-state index in [0.29, 0.717) is 10.8 Å². The van der Waals surface area contributed by atoms with Gasteiger partial charge in [0.25, 0.3) is 0 Å². The molecule has 158 valence electrons. The van der Waals surface area contributed by atoms with Crippen LogP contribution < -0.4 is 0 Å². The summed E-state index contributed by atoms with van der Waals surface area (Å²) in [5.74, 6) is 0.423. The minimum atomic E-state index is -3.27. The lowest BCUT2D eigenvalue weighted by molar-refractivity contribution is 0.602. The van der Waals surface area contributed by atoms with Crippen molar-refractivity contribution in [3.63, 3.8) is 0 Å². The molecule has 4 heteroatoms. The maximum Gasteiger partial charge on any atom is 0.175 e. The quantitative estimate of drug-likeness (QED) is 0.336. The van der Waals surface area contributed by atoms with Gasteiger partial charge in [0.15, 0.2) is 9.84 Å². The highest BCUT2D eigenvalue weighted by Gasteiger charge is 2.16. The molecule has 0 spiro atoms. The average Bonchev–Trinajstić information content (AvgIpc) is 2.79. The van der Waals surface area contributed by atoms with Gasteiger partial charge in [0.05, 0.1) is 10.4 Å². The SMILES string of the molecule is CCC(CC)c1ccc(-c2ccc3ncccc3c2)cc1-c1cccc(S(C)(=O)=O)c1. The van der Waals surface area contributed by atoms with Gasteiger partial charge in [0.1, 0.15) is 0 Å². The van der Waals surface area contributed by atoms with Gasteiger partial charge in [-0.3, -0.25) is 4.98 Å². The summed E-state index contributed by atoms with van der Waals surface area (Å²) in [5, 5.41) is 1.10. The summed E-state index contributed by atoms with van der Waals surface area (Å²) in [6.07, 6.45) is 5.14. The molecule has 0 aliphatic heterocycles. The Kier molecular flexibility index (Phi) is 5.92. The van der Waals surface area contributed by atoms with Crippen molar-refractivity contribution in [3.8, 4) is 22.3 Å². The number of aromatic nitrogens is 1. The molecule has 3 aromatic carbocycles.